The summed E-state index contributed by atoms with van der Waals surface area (Å²) in [5.74, 6) is -0.715. The minimum atomic E-state index is -0.709. The van der Waals surface area contributed by atoms with Gasteiger partial charge in [0.2, 0.25) is 11.8 Å². The largest absolute Gasteiger partial charge is 0.369 e. The van der Waals surface area contributed by atoms with Crippen LogP contribution in [0.5, 0.6) is 0 Å². The first-order chi connectivity index (χ1) is 23.9. The number of nitrogens with one attached hydrogen (secondary N) is 3. The Bertz CT molecular complexity index is 1850. The Morgan fingerprint density at radius 1 is 0.939 bits per heavy atom. The fraction of sp³-hybridized carbons (Fsp3) is 0.324. The Balaban J connectivity index is 0.926. The molecule has 4 aromatic rings. The SMILES string of the molecule is CO[C@@H](C(=O)N1Cc2[nH]nc(NC(=O)c3ccc(N4CCN(Cc5ccccc5C5CCC(=O)NC5=O)CC4)cc3)c2C1)c1ccccc1. The van der Waals surface area contributed by atoms with Crippen LogP contribution in [0.15, 0.2) is 78.9 Å². The second-order valence-corrected chi connectivity index (χ2v) is 12.7. The molecule has 0 aliphatic carbocycles. The van der Waals surface area contributed by atoms with Crippen molar-refractivity contribution in [2.75, 3.05) is 43.5 Å². The van der Waals surface area contributed by atoms with E-state index in [1.807, 2.05) is 72.8 Å². The molecule has 4 heterocycles. The summed E-state index contributed by atoms with van der Waals surface area (Å²) in [5.41, 5.74) is 6.04. The van der Waals surface area contributed by atoms with Crippen LogP contribution in [-0.4, -0.2) is 76.9 Å². The van der Waals surface area contributed by atoms with Crippen LogP contribution >= 0.6 is 0 Å². The number of piperazine rings is 1. The normalized spacial score (nSPS) is 18.6. The van der Waals surface area contributed by atoms with Crippen molar-refractivity contribution in [1.82, 2.24) is 25.3 Å². The summed E-state index contributed by atoms with van der Waals surface area (Å²) in [4.78, 5) is 57.1. The molecule has 1 aromatic heterocycles. The highest BCUT2D eigenvalue weighted by Crippen LogP contribution is 2.32. The standard InChI is InChI=1S/C37H39N7O5/c1-49-33(24-7-3-2-4-8-24)37(48)44-22-30-31(23-44)40-41-34(30)39-35(46)25-11-13-27(14-12-25)43-19-17-42(18-20-43)21-26-9-5-6-10-28(26)29-15-16-32(45)38-36(29)47/h2-14,29,33H,15-23H2,1H3,(H,38,45,47)(H2,39,40,41,46)/t29?,33-/m1/s1. The summed E-state index contributed by atoms with van der Waals surface area (Å²) in [6.45, 7) is 4.78. The number of carbonyl (C=O) groups excluding carboxylic acids is 4. The highest BCUT2D eigenvalue weighted by Gasteiger charge is 2.34. The molecule has 0 spiro atoms. The van der Waals surface area contributed by atoms with Gasteiger partial charge in [-0.15, -0.1) is 0 Å². The molecule has 0 saturated carbocycles. The number of piperidine rings is 1. The maximum atomic E-state index is 13.3. The first-order valence-corrected chi connectivity index (χ1v) is 16.6. The minimum absolute atomic E-state index is 0.149. The molecule has 2 fully saturated rings. The van der Waals surface area contributed by atoms with Crippen LogP contribution in [0.2, 0.25) is 0 Å². The van der Waals surface area contributed by atoms with Gasteiger partial charge in [-0.25, -0.2) is 0 Å². The topological polar surface area (TPSA) is 140 Å². The van der Waals surface area contributed by atoms with Crippen molar-refractivity contribution in [2.24, 2.45) is 0 Å². The molecule has 2 saturated heterocycles. The van der Waals surface area contributed by atoms with E-state index in [0.29, 0.717) is 37.3 Å². The van der Waals surface area contributed by atoms with E-state index in [4.69, 9.17) is 4.74 Å². The zero-order valence-electron chi connectivity index (χ0n) is 27.4. The van der Waals surface area contributed by atoms with Crippen LogP contribution in [0.3, 0.4) is 0 Å². The van der Waals surface area contributed by atoms with E-state index in [0.717, 1.165) is 66.4 Å². The van der Waals surface area contributed by atoms with E-state index in [2.05, 4.69) is 36.7 Å². The van der Waals surface area contributed by atoms with Gasteiger partial charge >= 0.3 is 0 Å². The van der Waals surface area contributed by atoms with Gasteiger partial charge < -0.3 is 19.9 Å². The number of aromatic nitrogens is 2. The molecule has 3 aliphatic rings. The molecular weight excluding hydrogens is 622 g/mol. The van der Waals surface area contributed by atoms with Crippen molar-refractivity contribution in [3.05, 3.63) is 112 Å². The molecule has 1 unspecified atom stereocenters. The van der Waals surface area contributed by atoms with Crippen molar-refractivity contribution in [1.29, 1.82) is 0 Å². The van der Waals surface area contributed by atoms with Crippen molar-refractivity contribution < 1.29 is 23.9 Å². The molecule has 2 atom stereocenters. The fourth-order valence-electron chi connectivity index (χ4n) is 6.99. The van der Waals surface area contributed by atoms with Gasteiger partial charge in [0.15, 0.2) is 11.9 Å². The average Bonchev–Trinajstić information content (AvgIpc) is 3.72. The lowest BCUT2D eigenvalue weighted by atomic mass is 9.87. The van der Waals surface area contributed by atoms with Crippen LogP contribution in [0.25, 0.3) is 0 Å². The number of methoxy groups -OCH3 is 1. The van der Waals surface area contributed by atoms with Gasteiger partial charge in [-0.3, -0.25) is 34.5 Å². The number of amides is 4. The van der Waals surface area contributed by atoms with Crippen molar-refractivity contribution >= 4 is 35.1 Å². The van der Waals surface area contributed by atoms with E-state index in [9.17, 15) is 19.2 Å². The summed E-state index contributed by atoms with van der Waals surface area (Å²) in [6, 6.07) is 25.0. The van der Waals surface area contributed by atoms with Gasteiger partial charge in [0.25, 0.3) is 11.8 Å². The number of anilines is 2. The molecule has 12 nitrogen and oxygen atoms in total. The number of ether oxygens (including phenoxy) is 1. The van der Waals surface area contributed by atoms with Gasteiger partial charge in [-0.1, -0.05) is 54.6 Å². The third kappa shape index (κ3) is 6.83. The van der Waals surface area contributed by atoms with Gasteiger partial charge in [-0.2, -0.15) is 5.10 Å². The van der Waals surface area contributed by atoms with Gasteiger partial charge in [-0.05, 0) is 47.4 Å². The fourth-order valence-corrected chi connectivity index (χ4v) is 6.99. The summed E-state index contributed by atoms with van der Waals surface area (Å²) >= 11 is 0. The number of hydrogen-bond donors (Lipinski definition) is 3. The number of hydrogen-bond acceptors (Lipinski definition) is 8. The average molecular weight is 662 g/mol. The second kappa shape index (κ2) is 14.0. The predicted molar refractivity (Wildman–Crippen MR) is 182 cm³/mol. The molecule has 4 amide bonds. The van der Waals surface area contributed by atoms with Crippen molar-refractivity contribution in [2.45, 2.75) is 44.5 Å². The van der Waals surface area contributed by atoms with Crippen molar-refractivity contribution in [3.8, 4) is 0 Å². The molecule has 3 aromatic carbocycles. The smallest absolute Gasteiger partial charge is 0.256 e. The molecule has 12 heteroatoms. The number of H-pyrrole nitrogens is 1. The number of nitrogens with zero attached hydrogens (tertiary/aromatic N) is 4. The number of benzene rings is 3. The zero-order chi connectivity index (χ0) is 33.9. The maximum absolute atomic E-state index is 13.3. The number of carbonyl (C=O) groups is 4. The third-order valence-electron chi connectivity index (χ3n) is 9.69. The summed E-state index contributed by atoms with van der Waals surface area (Å²) < 4.78 is 5.54. The number of aromatic amines is 1. The van der Waals surface area contributed by atoms with Gasteiger partial charge in [0, 0.05) is 63.1 Å². The Hall–Kier alpha value is -5.33. The van der Waals surface area contributed by atoms with Gasteiger partial charge in [0.05, 0.1) is 24.7 Å². The molecule has 252 valence electrons. The third-order valence-corrected chi connectivity index (χ3v) is 9.69. The van der Waals surface area contributed by atoms with Gasteiger partial charge in [0.1, 0.15) is 0 Å². The zero-order valence-corrected chi connectivity index (χ0v) is 27.4. The molecule has 0 radical (unpaired) electrons. The first-order valence-electron chi connectivity index (χ1n) is 16.6. The van der Waals surface area contributed by atoms with E-state index in [-0.39, 0.29) is 29.5 Å². The molecule has 0 bridgehead atoms. The van der Waals surface area contributed by atoms with E-state index >= 15 is 0 Å². The molecule has 3 aliphatic heterocycles. The highest BCUT2D eigenvalue weighted by molar-refractivity contribution is 6.04. The monoisotopic (exact) mass is 661 g/mol. The summed E-state index contributed by atoms with van der Waals surface area (Å²) in [7, 11) is 1.53. The predicted octanol–water partition coefficient (Wildman–Crippen LogP) is 3.73. The maximum Gasteiger partial charge on any atom is 0.256 e. The van der Waals surface area contributed by atoms with E-state index in [1.165, 1.54) is 7.11 Å². The minimum Gasteiger partial charge on any atom is -0.369 e. The quantitative estimate of drug-likeness (QED) is 0.231. The van der Waals surface area contributed by atoms with E-state index in [1.54, 1.807) is 4.90 Å². The Kier molecular flexibility index (Phi) is 9.23. The van der Waals surface area contributed by atoms with Crippen LogP contribution in [0, 0.1) is 0 Å². The number of fused-ring (bicyclic) bond motifs is 1. The lowest BCUT2D eigenvalue weighted by molar-refractivity contribution is -0.143. The molecular formula is C37H39N7O5. The van der Waals surface area contributed by atoms with Crippen LogP contribution in [0.4, 0.5) is 11.5 Å². The number of imide groups is 1. The van der Waals surface area contributed by atoms with Crippen molar-refractivity contribution in [3.63, 3.8) is 0 Å². The summed E-state index contributed by atoms with van der Waals surface area (Å²) in [5, 5.41) is 12.7. The van der Waals surface area contributed by atoms with Crippen LogP contribution in [0.1, 0.15) is 63.2 Å². The van der Waals surface area contributed by atoms with E-state index < -0.39 is 6.10 Å². The highest BCUT2D eigenvalue weighted by atomic mass is 16.5. The van der Waals surface area contributed by atoms with Crippen LogP contribution in [-0.2, 0) is 38.8 Å². The molecule has 3 N–H and O–H groups in total. The molecule has 7 rings (SSSR count). The lowest BCUT2D eigenvalue weighted by Gasteiger charge is -2.36. The Morgan fingerprint density at radius 3 is 2.41 bits per heavy atom. The number of rotatable bonds is 9. The molecule has 49 heavy (non-hydrogen) atoms. The lowest BCUT2D eigenvalue weighted by Crippen LogP contribution is -2.46. The Morgan fingerprint density at radius 2 is 1.67 bits per heavy atom. The summed E-state index contributed by atoms with van der Waals surface area (Å²) in [6.07, 6.45) is 0.192. The van der Waals surface area contributed by atoms with Crippen LogP contribution < -0.4 is 15.5 Å². The Labute approximate surface area is 284 Å². The first kappa shape index (κ1) is 32.2. The second-order valence-electron chi connectivity index (χ2n) is 12.7.